The standard InChI is InChI=1S/C27H31N3O3.2ClH/c1-15(2)12-21-19(13-28)24(18-10-8-16(3)9-11-18)26(17(4)29-21)30-27(32)20-14-33-23-7-5-6-22(31)25(20)23;;/h8-11,14-15H,5-7,12-13,28H2,1-4H3,(H,30,32);2*1H. The van der Waals surface area contributed by atoms with E-state index in [-0.39, 0.29) is 42.1 Å². The number of anilines is 1. The summed E-state index contributed by atoms with van der Waals surface area (Å²) in [6.07, 6.45) is 4.05. The van der Waals surface area contributed by atoms with Crippen LogP contribution in [0, 0.1) is 19.8 Å². The number of fused-ring (bicyclic) bond motifs is 1. The van der Waals surface area contributed by atoms with Gasteiger partial charge in [0, 0.05) is 30.6 Å². The van der Waals surface area contributed by atoms with Gasteiger partial charge in [-0.3, -0.25) is 14.6 Å². The first-order valence-corrected chi connectivity index (χ1v) is 11.5. The maximum absolute atomic E-state index is 13.4. The van der Waals surface area contributed by atoms with Crippen molar-refractivity contribution in [2.45, 2.75) is 59.9 Å². The van der Waals surface area contributed by atoms with Gasteiger partial charge in [0.25, 0.3) is 5.91 Å². The van der Waals surface area contributed by atoms with Gasteiger partial charge >= 0.3 is 0 Å². The van der Waals surface area contributed by atoms with Gasteiger partial charge in [-0.25, -0.2) is 0 Å². The van der Waals surface area contributed by atoms with E-state index in [1.807, 2.05) is 38.1 Å². The lowest BCUT2D eigenvalue weighted by Crippen LogP contribution is -2.20. The van der Waals surface area contributed by atoms with Gasteiger partial charge in [0.15, 0.2) is 5.78 Å². The number of pyridine rings is 1. The van der Waals surface area contributed by atoms with Crippen molar-refractivity contribution in [3.8, 4) is 11.1 Å². The van der Waals surface area contributed by atoms with Crippen LogP contribution in [0.2, 0.25) is 0 Å². The lowest BCUT2D eigenvalue weighted by Gasteiger charge is -2.21. The predicted molar refractivity (Wildman–Crippen MR) is 144 cm³/mol. The van der Waals surface area contributed by atoms with Crippen LogP contribution < -0.4 is 11.1 Å². The van der Waals surface area contributed by atoms with Gasteiger partial charge in [0.05, 0.1) is 22.5 Å². The average Bonchev–Trinajstić information content (AvgIpc) is 3.21. The van der Waals surface area contributed by atoms with Gasteiger partial charge < -0.3 is 15.5 Å². The SMILES string of the molecule is Cc1ccc(-c2c(CN)c(CC(C)C)nc(C)c2NC(=O)c2coc3c2C(=O)CCC3)cc1.Cl.Cl. The molecule has 2 heterocycles. The molecule has 1 aliphatic rings. The molecule has 0 fully saturated rings. The molecule has 188 valence electrons. The topological polar surface area (TPSA) is 98.2 Å². The first-order chi connectivity index (χ1) is 15.8. The van der Waals surface area contributed by atoms with Crippen LogP contribution in [0.4, 0.5) is 5.69 Å². The molecule has 0 saturated carbocycles. The number of nitrogens with two attached hydrogens (primary N) is 1. The minimum absolute atomic E-state index is 0. The maximum Gasteiger partial charge on any atom is 0.259 e. The Morgan fingerprint density at radius 2 is 1.80 bits per heavy atom. The third-order valence-electron chi connectivity index (χ3n) is 6.15. The number of benzene rings is 1. The van der Waals surface area contributed by atoms with Crippen molar-refractivity contribution in [2.75, 3.05) is 5.32 Å². The number of furan rings is 1. The Labute approximate surface area is 218 Å². The van der Waals surface area contributed by atoms with Crippen LogP contribution in [0.5, 0.6) is 0 Å². The molecule has 3 N–H and O–H groups in total. The van der Waals surface area contributed by atoms with Crippen molar-refractivity contribution in [1.29, 1.82) is 0 Å². The van der Waals surface area contributed by atoms with Crippen LogP contribution in [-0.2, 0) is 19.4 Å². The number of ketones is 1. The average molecular weight is 518 g/mol. The monoisotopic (exact) mass is 517 g/mol. The van der Waals surface area contributed by atoms with Crippen molar-refractivity contribution in [1.82, 2.24) is 4.98 Å². The number of halogens is 2. The summed E-state index contributed by atoms with van der Waals surface area (Å²) < 4.78 is 5.57. The molecule has 8 heteroatoms. The number of carbonyl (C=O) groups is 2. The smallest absolute Gasteiger partial charge is 0.259 e. The first kappa shape index (κ1) is 28.6. The summed E-state index contributed by atoms with van der Waals surface area (Å²) in [6, 6.07) is 8.18. The van der Waals surface area contributed by atoms with E-state index in [2.05, 4.69) is 19.2 Å². The van der Waals surface area contributed by atoms with Gasteiger partial charge in [0.1, 0.15) is 12.0 Å². The quantitative estimate of drug-likeness (QED) is 0.403. The fraction of sp³-hybridized carbons (Fsp3) is 0.370. The molecule has 35 heavy (non-hydrogen) atoms. The van der Waals surface area contributed by atoms with Gasteiger partial charge in [0.2, 0.25) is 0 Å². The molecule has 1 aliphatic carbocycles. The summed E-state index contributed by atoms with van der Waals surface area (Å²) >= 11 is 0. The van der Waals surface area contributed by atoms with E-state index in [0.717, 1.165) is 46.5 Å². The van der Waals surface area contributed by atoms with Crippen LogP contribution in [0.15, 0.2) is 34.9 Å². The lowest BCUT2D eigenvalue weighted by molar-refractivity contribution is 0.0955. The number of Topliss-reactive ketones (excluding diaryl/α,β-unsaturated/α-hetero) is 1. The van der Waals surface area contributed by atoms with Crippen molar-refractivity contribution >= 4 is 42.2 Å². The second kappa shape index (κ2) is 11.8. The van der Waals surface area contributed by atoms with Crippen LogP contribution >= 0.6 is 24.8 Å². The van der Waals surface area contributed by atoms with Crippen LogP contribution in [0.1, 0.15) is 75.7 Å². The molecule has 0 bridgehead atoms. The molecular formula is C27H33Cl2N3O3. The number of nitrogens with one attached hydrogen (secondary N) is 1. The second-order valence-electron chi connectivity index (χ2n) is 9.22. The minimum atomic E-state index is -0.368. The zero-order valence-corrected chi connectivity index (χ0v) is 22.2. The Balaban J connectivity index is 0.00000216. The van der Waals surface area contributed by atoms with E-state index < -0.39 is 0 Å². The zero-order valence-electron chi connectivity index (χ0n) is 20.6. The molecule has 0 atom stereocenters. The summed E-state index contributed by atoms with van der Waals surface area (Å²) in [7, 11) is 0. The fourth-order valence-corrected chi connectivity index (χ4v) is 4.54. The fourth-order valence-electron chi connectivity index (χ4n) is 4.54. The highest BCUT2D eigenvalue weighted by molar-refractivity contribution is 6.14. The molecule has 4 rings (SSSR count). The highest BCUT2D eigenvalue weighted by Gasteiger charge is 2.29. The molecule has 0 spiro atoms. The van der Waals surface area contributed by atoms with E-state index in [0.29, 0.717) is 42.3 Å². The summed E-state index contributed by atoms with van der Waals surface area (Å²) in [5.41, 5.74) is 13.2. The van der Waals surface area contributed by atoms with Gasteiger partial charge in [-0.15, -0.1) is 24.8 Å². The van der Waals surface area contributed by atoms with E-state index in [1.165, 1.54) is 6.26 Å². The molecule has 0 saturated heterocycles. The highest BCUT2D eigenvalue weighted by atomic mass is 35.5. The Bertz CT molecular complexity index is 1220. The van der Waals surface area contributed by atoms with E-state index in [9.17, 15) is 9.59 Å². The molecule has 0 aliphatic heterocycles. The predicted octanol–water partition coefficient (Wildman–Crippen LogP) is 6.23. The molecular weight excluding hydrogens is 485 g/mol. The number of nitrogens with zero attached hydrogens (tertiary/aromatic N) is 1. The van der Waals surface area contributed by atoms with Crippen molar-refractivity contribution in [3.63, 3.8) is 0 Å². The number of aromatic nitrogens is 1. The first-order valence-electron chi connectivity index (χ1n) is 11.5. The van der Waals surface area contributed by atoms with E-state index in [4.69, 9.17) is 15.1 Å². The Morgan fingerprint density at radius 1 is 1.11 bits per heavy atom. The minimum Gasteiger partial charge on any atom is -0.468 e. The van der Waals surface area contributed by atoms with Gasteiger partial charge in [-0.2, -0.15) is 0 Å². The summed E-state index contributed by atoms with van der Waals surface area (Å²) in [5, 5.41) is 3.05. The maximum atomic E-state index is 13.4. The van der Waals surface area contributed by atoms with Crippen molar-refractivity contribution < 1.29 is 14.0 Å². The molecule has 1 aromatic carbocycles. The van der Waals surface area contributed by atoms with Gasteiger partial charge in [-0.05, 0) is 43.7 Å². The summed E-state index contributed by atoms with van der Waals surface area (Å²) in [4.78, 5) is 30.7. The molecule has 1 amide bonds. The Hall–Kier alpha value is -2.67. The van der Waals surface area contributed by atoms with E-state index >= 15 is 0 Å². The molecule has 6 nitrogen and oxygen atoms in total. The van der Waals surface area contributed by atoms with Crippen molar-refractivity contribution in [3.05, 3.63) is 69.9 Å². The zero-order chi connectivity index (χ0) is 23.7. The Kier molecular flexibility index (Phi) is 9.67. The normalized spacial score (nSPS) is 12.6. The number of carbonyl (C=O) groups excluding carboxylic acids is 2. The molecule has 2 aromatic heterocycles. The summed E-state index contributed by atoms with van der Waals surface area (Å²) in [5.74, 6) is 0.601. The number of hydrogen-bond donors (Lipinski definition) is 2. The van der Waals surface area contributed by atoms with E-state index in [1.54, 1.807) is 0 Å². The highest BCUT2D eigenvalue weighted by Crippen LogP contribution is 2.37. The lowest BCUT2D eigenvalue weighted by atomic mass is 9.91. The number of aryl methyl sites for hydroxylation is 3. The molecule has 0 radical (unpaired) electrons. The number of amides is 1. The second-order valence-corrected chi connectivity index (χ2v) is 9.22. The van der Waals surface area contributed by atoms with Gasteiger partial charge in [-0.1, -0.05) is 43.7 Å². The van der Waals surface area contributed by atoms with Crippen LogP contribution in [0.3, 0.4) is 0 Å². The number of rotatable bonds is 6. The van der Waals surface area contributed by atoms with Crippen LogP contribution in [-0.4, -0.2) is 16.7 Å². The third-order valence-corrected chi connectivity index (χ3v) is 6.15. The largest absolute Gasteiger partial charge is 0.468 e. The Morgan fingerprint density at radius 3 is 2.43 bits per heavy atom. The van der Waals surface area contributed by atoms with Crippen molar-refractivity contribution in [2.24, 2.45) is 11.7 Å². The molecule has 0 unspecified atom stereocenters. The summed E-state index contributed by atoms with van der Waals surface area (Å²) in [6.45, 7) is 8.54. The third kappa shape index (κ3) is 5.77. The van der Waals surface area contributed by atoms with Crippen LogP contribution in [0.25, 0.3) is 11.1 Å². The molecule has 3 aromatic rings. The number of hydrogen-bond acceptors (Lipinski definition) is 5.